The Bertz CT molecular complexity index is 464. The minimum absolute atomic E-state index is 0.149. The first kappa shape index (κ1) is 11.3. The molecule has 0 N–H and O–H groups in total. The maximum Gasteiger partial charge on any atom is 0.231 e. The van der Waals surface area contributed by atoms with Gasteiger partial charge in [0.05, 0.1) is 14.2 Å². The van der Waals surface area contributed by atoms with Crippen molar-refractivity contribution < 1.29 is 23.7 Å². The third kappa shape index (κ3) is 1.91. The molecule has 0 atom stereocenters. The van der Waals surface area contributed by atoms with Gasteiger partial charge in [-0.15, -0.1) is 0 Å². The van der Waals surface area contributed by atoms with Gasteiger partial charge in [0.1, 0.15) is 6.29 Å². The van der Waals surface area contributed by atoms with Gasteiger partial charge in [-0.25, -0.2) is 0 Å². The highest BCUT2D eigenvalue weighted by atomic mass is 16.7. The Morgan fingerprint density at radius 3 is 2.65 bits per heavy atom. The lowest BCUT2D eigenvalue weighted by molar-refractivity contribution is -0.104. The van der Waals surface area contributed by atoms with Gasteiger partial charge in [0, 0.05) is 5.56 Å². The zero-order valence-corrected chi connectivity index (χ0v) is 9.56. The number of hydrogen-bond donors (Lipinski definition) is 0. The fourth-order valence-electron chi connectivity index (χ4n) is 1.68. The summed E-state index contributed by atoms with van der Waals surface area (Å²) in [6.07, 6.45) is 3.69. The standard InChI is InChI=1S/C12H12O5/c1-14-10-8(4-3-5-13)6-9-11(12(10)15-2)17-7-16-9/h3-6H,7H2,1-2H3. The van der Waals surface area contributed by atoms with Gasteiger partial charge in [0.2, 0.25) is 18.3 Å². The van der Waals surface area contributed by atoms with E-state index in [-0.39, 0.29) is 6.79 Å². The van der Waals surface area contributed by atoms with Gasteiger partial charge in [0.25, 0.3) is 0 Å². The molecule has 1 aromatic carbocycles. The smallest absolute Gasteiger partial charge is 0.231 e. The molecular weight excluding hydrogens is 224 g/mol. The van der Waals surface area contributed by atoms with Crippen molar-refractivity contribution in [3.8, 4) is 23.0 Å². The van der Waals surface area contributed by atoms with E-state index >= 15 is 0 Å². The van der Waals surface area contributed by atoms with E-state index < -0.39 is 0 Å². The van der Waals surface area contributed by atoms with Crippen LogP contribution < -0.4 is 18.9 Å². The highest BCUT2D eigenvalue weighted by molar-refractivity contribution is 5.78. The molecule has 17 heavy (non-hydrogen) atoms. The predicted molar refractivity (Wildman–Crippen MR) is 60.8 cm³/mol. The van der Waals surface area contributed by atoms with Crippen molar-refractivity contribution in [2.75, 3.05) is 21.0 Å². The summed E-state index contributed by atoms with van der Waals surface area (Å²) < 4.78 is 21.1. The van der Waals surface area contributed by atoms with Crippen LogP contribution >= 0.6 is 0 Å². The minimum atomic E-state index is 0.149. The summed E-state index contributed by atoms with van der Waals surface area (Å²) in [6.45, 7) is 0.149. The Labute approximate surface area is 98.5 Å². The second-order valence-electron chi connectivity index (χ2n) is 3.26. The summed E-state index contributed by atoms with van der Waals surface area (Å²) in [7, 11) is 3.05. The molecular formula is C12H12O5. The Hall–Kier alpha value is -2.17. The topological polar surface area (TPSA) is 54.0 Å². The average molecular weight is 236 g/mol. The van der Waals surface area contributed by atoms with E-state index in [1.165, 1.54) is 20.3 Å². The monoisotopic (exact) mass is 236 g/mol. The maximum absolute atomic E-state index is 10.4. The summed E-state index contributed by atoms with van der Waals surface area (Å²) in [5.41, 5.74) is 0.695. The molecule has 0 aromatic heterocycles. The Morgan fingerprint density at radius 1 is 1.24 bits per heavy atom. The molecule has 1 heterocycles. The Morgan fingerprint density at radius 2 is 2.00 bits per heavy atom. The van der Waals surface area contributed by atoms with Crippen molar-refractivity contribution in [3.63, 3.8) is 0 Å². The normalized spacial score (nSPS) is 12.8. The molecule has 5 heteroatoms. The first-order valence-corrected chi connectivity index (χ1v) is 4.98. The molecule has 0 amide bonds. The number of allylic oxidation sites excluding steroid dienone is 1. The van der Waals surface area contributed by atoms with E-state index in [2.05, 4.69) is 0 Å². The number of hydrogen-bond acceptors (Lipinski definition) is 5. The van der Waals surface area contributed by atoms with Crippen LogP contribution in [0.4, 0.5) is 0 Å². The van der Waals surface area contributed by atoms with Gasteiger partial charge in [-0.2, -0.15) is 0 Å². The maximum atomic E-state index is 10.4. The van der Waals surface area contributed by atoms with Crippen LogP contribution in [0.25, 0.3) is 6.08 Å². The van der Waals surface area contributed by atoms with Crippen molar-refractivity contribution in [2.45, 2.75) is 0 Å². The quantitative estimate of drug-likeness (QED) is 0.587. The number of benzene rings is 1. The van der Waals surface area contributed by atoms with E-state index in [4.69, 9.17) is 18.9 Å². The van der Waals surface area contributed by atoms with Gasteiger partial charge in [0.15, 0.2) is 11.5 Å². The second kappa shape index (κ2) is 4.78. The minimum Gasteiger partial charge on any atom is -0.492 e. The van der Waals surface area contributed by atoms with Crippen molar-refractivity contribution in [3.05, 3.63) is 17.7 Å². The van der Waals surface area contributed by atoms with E-state index in [1.54, 1.807) is 12.1 Å². The number of carbonyl (C=O) groups excluding carboxylic acids is 1. The van der Waals surface area contributed by atoms with E-state index in [0.717, 1.165) is 0 Å². The fourth-order valence-corrected chi connectivity index (χ4v) is 1.68. The van der Waals surface area contributed by atoms with Crippen LogP contribution in [0, 0.1) is 0 Å². The zero-order valence-electron chi connectivity index (χ0n) is 9.56. The number of carbonyl (C=O) groups is 1. The molecule has 1 aromatic rings. The van der Waals surface area contributed by atoms with E-state index in [9.17, 15) is 4.79 Å². The fraction of sp³-hybridized carbons (Fsp3) is 0.250. The second-order valence-corrected chi connectivity index (χ2v) is 3.26. The van der Waals surface area contributed by atoms with Gasteiger partial charge in [-0.3, -0.25) is 4.79 Å². The third-order valence-corrected chi connectivity index (χ3v) is 2.37. The van der Waals surface area contributed by atoms with Crippen molar-refractivity contribution in [1.82, 2.24) is 0 Å². The molecule has 1 aliphatic heterocycles. The molecule has 0 fully saturated rings. The molecule has 0 bridgehead atoms. The third-order valence-electron chi connectivity index (χ3n) is 2.37. The first-order chi connectivity index (χ1) is 8.31. The van der Waals surface area contributed by atoms with E-state index in [0.29, 0.717) is 34.8 Å². The number of fused-ring (bicyclic) bond motifs is 1. The number of rotatable bonds is 4. The van der Waals surface area contributed by atoms with Crippen LogP contribution in [0.15, 0.2) is 12.1 Å². The van der Waals surface area contributed by atoms with Crippen LogP contribution in [-0.2, 0) is 4.79 Å². The predicted octanol–water partition coefficient (Wildman–Crippen LogP) is 1.64. The molecule has 0 unspecified atom stereocenters. The summed E-state index contributed by atoms with van der Waals surface area (Å²) in [6, 6.07) is 1.74. The molecule has 0 aliphatic carbocycles. The molecule has 5 nitrogen and oxygen atoms in total. The van der Waals surface area contributed by atoms with Crippen molar-refractivity contribution in [1.29, 1.82) is 0 Å². The lowest BCUT2D eigenvalue weighted by Crippen LogP contribution is -1.95. The summed E-state index contributed by atoms with van der Waals surface area (Å²) in [5.74, 6) is 2.07. The molecule has 90 valence electrons. The van der Waals surface area contributed by atoms with E-state index in [1.807, 2.05) is 0 Å². The molecule has 0 radical (unpaired) electrons. The van der Waals surface area contributed by atoms with Gasteiger partial charge in [-0.05, 0) is 18.2 Å². The lowest BCUT2D eigenvalue weighted by atomic mass is 10.1. The number of ether oxygens (including phenoxy) is 4. The molecule has 0 saturated heterocycles. The molecule has 0 saturated carbocycles. The van der Waals surface area contributed by atoms with Gasteiger partial charge >= 0.3 is 0 Å². The Kier molecular flexibility index (Phi) is 3.18. The number of aldehydes is 1. The SMILES string of the molecule is COc1c(C=CC=O)cc2c(c1OC)OCO2. The first-order valence-electron chi connectivity index (χ1n) is 4.98. The largest absolute Gasteiger partial charge is 0.492 e. The summed E-state index contributed by atoms with van der Waals surface area (Å²) in [4.78, 5) is 10.4. The van der Waals surface area contributed by atoms with Crippen LogP contribution in [0.3, 0.4) is 0 Å². The lowest BCUT2D eigenvalue weighted by Gasteiger charge is -2.12. The van der Waals surface area contributed by atoms with Crippen LogP contribution in [0.5, 0.6) is 23.0 Å². The summed E-state index contributed by atoms with van der Waals surface area (Å²) in [5, 5.41) is 0. The number of methoxy groups -OCH3 is 2. The highest BCUT2D eigenvalue weighted by Gasteiger charge is 2.25. The molecule has 0 spiro atoms. The van der Waals surface area contributed by atoms with Crippen molar-refractivity contribution in [2.24, 2.45) is 0 Å². The molecule has 2 rings (SSSR count). The van der Waals surface area contributed by atoms with Crippen LogP contribution in [0.1, 0.15) is 5.56 Å². The van der Waals surface area contributed by atoms with Crippen molar-refractivity contribution >= 4 is 12.4 Å². The average Bonchev–Trinajstić information content (AvgIpc) is 2.81. The zero-order chi connectivity index (χ0) is 12.3. The highest BCUT2D eigenvalue weighted by Crippen LogP contribution is 2.49. The van der Waals surface area contributed by atoms with Crippen LogP contribution in [0.2, 0.25) is 0 Å². The van der Waals surface area contributed by atoms with Crippen LogP contribution in [-0.4, -0.2) is 27.3 Å². The molecule has 1 aliphatic rings. The summed E-state index contributed by atoms with van der Waals surface area (Å²) >= 11 is 0. The van der Waals surface area contributed by atoms with Gasteiger partial charge in [-0.1, -0.05) is 0 Å². The Balaban J connectivity index is 2.59. The van der Waals surface area contributed by atoms with Gasteiger partial charge < -0.3 is 18.9 Å².